The Balaban J connectivity index is 2.12. The van der Waals surface area contributed by atoms with Gasteiger partial charge in [-0.2, -0.15) is 0 Å². The normalized spacial score (nSPS) is 23.5. The van der Waals surface area contributed by atoms with Crippen LogP contribution >= 0.6 is 0 Å². The highest BCUT2D eigenvalue weighted by atomic mass is 16.5. The number of phenolic OH excluding ortho intramolecular Hbond substituents is 2. The van der Waals surface area contributed by atoms with Crippen LogP contribution in [0.2, 0.25) is 0 Å². The van der Waals surface area contributed by atoms with E-state index in [4.69, 9.17) is 9.84 Å². The number of ketones is 2. The molecule has 2 atom stereocenters. The fraction of sp³-hybridized carbons (Fsp3) is 0.312. The lowest BCUT2D eigenvalue weighted by Gasteiger charge is -2.33. The summed E-state index contributed by atoms with van der Waals surface area (Å²) in [5, 5.41) is 28.7. The third kappa shape index (κ3) is 2.29. The van der Waals surface area contributed by atoms with E-state index < -0.39 is 35.5 Å². The summed E-state index contributed by atoms with van der Waals surface area (Å²) in [5.74, 6) is -3.00. The van der Waals surface area contributed by atoms with Crippen molar-refractivity contribution in [2.45, 2.75) is 32.0 Å². The molecule has 0 amide bonds. The molecule has 3 rings (SSSR count). The van der Waals surface area contributed by atoms with Crippen molar-refractivity contribution in [1.29, 1.82) is 0 Å². The van der Waals surface area contributed by atoms with Crippen LogP contribution in [0.3, 0.4) is 0 Å². The Morgan fingerprint density at radius 3 is 2.30 bits per heavy atom. The smallest absolute Gasteiger partial charge is 0.305 e. The molecule has 0 fully saturated rings. The average Bonchev–Trinajstić information content (AvgIpc) is 2.45. The van der Waals surface area contributed by atoms with Crippen molar-refractivity contribution in [3.8, 4) is 11.5 Å². The minimum atomic E-state index is -1.07. The molecule has 2 aliphatic rings. The lowest BCUT2D eigenvalue weighted by Crippen LogP contribution is -2.38. The zero-order valence-electron chi connectivity index (χ0n) is 12.2. The van der Waals surface area contributed by atoms with Crippen molar-refractivity contribution >= 4 is 17.5 Å². The van der Waals surface area contributed by atoms with Gasteiger partial charge in [0.1, 0.15) is 11.5 Å². The van der Waals surface area contributed by atoms with Gasteiger partial charge >= 0.3 is 5.97 Å². The molecular formula is C16H14O7. The van der Waals surface area contributed by atoms with Gasteiger partial charge in [0.05, 0.1) is 29.8 Å². The van der Waals surface area contributed by atoms with Gasteiger partial charge in [0.2, 0.25) is 0 Å². The molecule has 1 aliphatic carbocycles. The molecule has 0 saturated carbocycles. The highest BCUT2D eigenvalue weighted by molar-refractivity contribution is 6.29. The third-order valence-electron chi connectivity index (χ3n) is 4.10. The number of rotatable bonds is 2. The van der Waals surface area contributed by atoms with E-state index in [2.05, 4.69) is 0 Å². The summed E-state index contributed by atoms with van der Waals surface area (Å²) < 4.78 is 5.51. The molecule has 1 aliphatic heterocycles. The van der Waals surface area contributed by atoms with Crippen molar-refractivity contribution in [3.05, 3.63) is 34.4 Å². The minimum Gasteiger partial charge on any atom is -0.507 e. The van der Waals surface area contributed by atoms with Crippen molar-refractivity contribution in [3.63, 3.8) is 0 Å². The Bertz CT molecular complexity index is 775. The minimum absolute atomic E-state index is 0.0227. The molecule has 0 radical (unpaired) electrons. The number of carboxylic acids is 1. The first-order valence-corrected chi connectivity index (χ1v) is 7.05. The van der Waals surface area contributed by atoms with Gasteiger partial charge in [-0.1, -0.05) is 0 Å². The molecule has 1 aromatic rings. The highest BCUT2D eigenvalue weighted by Gasteiger charge is 2.42. The first kappa shape index (κ1) is 15.2. The van der Waals surface area contributed by atoms with Crippen molar-refractivity contribution < 1.29 is 34.4 Å². The number of ether oxygens (including phenoxy) is 1. The topological polar surface area (TPSA) is 121 Å². The standard InChI is InChI=1S/C16H14O7/c1-6-12-8(4-7(23-6)5-11(19)20)15(21)13-9(17)2-3-10(18)14(13)16(12)22/h2-3,6-7,17-18H,4-5H2,1H3,(H,19,20). The maximum atomic E-state index is 12.7. The number of carbonyl (C=O) groups is 3. The van der Waals surface area contributed by atoms with Crippen LogP contribution in [0, 0.1) is 0 Å². The molecule has 0 bridgehead atoms. The molecule has 1 heterocycles. The number of carboxylic acid groups (broad SMARTS) is 1. The van der Waals surface area contributed by atoms with Crippen LogP contribution in [0.5, 0.6) is 11.5 Å². The number of aliphatic carboxylic acids is 1. The molecule has 0 saturated heterocycles. The lowest BCUT2D eigenvalue weighted by atomic mass is 9.77. The molecule has 2 unspecified atom stereocenters. The van der Waals surface area contributed by atoms with E-state index in [1.165, 1.54) is 0 Å². The van der Waals surface area contributed by atoms with Gasteiger partial charge in [0, 0.05) is 17.6 Å². The summed E-state index contributed by atoms with van der Waals surface area (Å²) in [7, 11) is 0. The van der Waals surface area contributed by atoms with Crippen LogP contribution in [0.15, 0.2) is 23.3 Å². The monoisotopic (exact) mass is 318 g/mol. The maximum Gasteiger partial charge on any atom is 0.305 e. The van der Waals surface area contributed by atoms with E-state index in [1.54, 1.807) is 6.92 Å². The molecule has 7 nitrogen and oxygen atoms in total. The molecule has 7 heteroatoms. The lowest BCUT2D eigenvalue weighted by molar-refractivity contribution is -0.141. The summed E-state index contributed by atoms with van der Waals surface area (Å²) in [4.78, 5) is 36.1. The van der Waals surface area contributed by atoms with Crippen LogP contribution in [-0.2, 0) is 9.53 Å². The largest absolute Gasteiger partial charge is 0.507 e. The van der Waals surface area contributed by atoms with Crippen molar-refractivity contribution in [1.82, 2.24) is 0 Å². The predicted octanol–water partition coefficient (Wildman–Crippen LogP) is 1.43. The zero-order chi connectivity index (χ0) is 16.9. The van der Waals surface area contributed by atoms with Crippen LogP contribution in [0.4, 0.5) is 0 Å². The Labute approximate surface area is 130 Å². The van der Waals surface area contributed by atoms with E-state index >= 15 is 0 Å². The number of benzene rings is 1. The Kier molecular flexibility index (Phi) is 3.45. The molecule has 0 aromatic heterocycles. The zero-order valence-corrected chi connectivity index (χ0v) is 12.2. The number of hydrogen-bond donors (Lipinski definition) is 3. The first-order valence-electron chi connectivity index (χ1n) is 7.05. The fourth-order valence-electron chi connectivity index (χ4n) is 3.17. The number of hydrogen-bond acceptors (Lipinski definition) is 6. The van der Waals surface area contributed by atoms with Crippen molar-refractivity contribution in [2.75, 3.05) is 0 Å². The second-order valence-electron chi connectivity index (χ2n) is 5.61. The van der Waals surface area contributed by atoms with Crippen LogP contribution in [0.25, 0.3) is 0 Å². The summed E-state index contributed by atoms with van der Waals surface area (Å²) >= 11 is 0. The maximum absolute atomic E-state index is 12.7. The SMILES string of the molecule is CC1OC(CC(=O)O)CC2=C1C(=O)c1c(O)ccc(O)c1C2=O. The molecular weight excluding hydrogens is 304 g/mol. The van der Waals surface area contributed by atoms with Crippen LogP contribution in [0.1, 0.15) is 40.5 Å². The first-order chi connectivity index (χ1) is 10.8. The quantitative estimate of drug-likeness (QED) is 0.705. The van der Waals surface area contributed by atoms with E-state index in [-0.39, 0.29) is 40.9 Å². The Morgan fingerprint density at radius 2 is 1.74 bits per heavy atom. The van der Waals surface area contributed by atoms with Gasteiger partial charge in [-0.3, -0.25) is 14.4 Å². The van der Waals surface area contributed by atoms with Gasteiger partial charge in [-0.25, -0.2) is 0 Å². The van der Waals surface area contributed by atoms with Gasteiger partial charge < -0.3 is 20.1 Å². The summed E-state index contributed by atoms with van der Waals surface area (Å²) in [6, 6.07) is 2.29. The second kappa shape index (κ2) is 5.20. The highest BCUT2D eigenvalue weighted by Crippen LogP contribution is 2.42. The van der Waals surface area contributed by atoms with Gasteiger partial charge in [-0.15, -0.1) is 0 Å². The van der Waals surface area contributed by atoms with Gasteiger partial charge in [0.25, 0.3) is 0 Å². The number of phenols is 2. The van der Waals surface area contributed by atoms with Crippen LogP contribution in [-0.4, -0.2) is 45.1 Å². The number of fused-ring (bicyclic) bond motifs is 1. The average molecular weight is 318 g/mol. The molecule has 1 aromatic carbocycles. The summed E-state index contributed by atoms with van der Waals surface area (Å²) in [6.45, 7) is 1.55. The summed E-state index contributed by atoms with van der Waals surface area (Å²) in [5.41, 5.74) is -0.212. The predicted molar refractivity (Wildman–Crippen MR) is 76.7 cm³/mol. The molecule has 3 N–H and O–H groups in total. The van der Waals surface area contributed by atoms with E-state index in [9.17, 15) is 24.6 Å². The van der Waals surface area contributed by atoms with E-state index in [0.29, 0.717) is 0 Å². The van der Waals surface area contributed by atoms with Gasteiger partial charge in [0.15, 0.2) is 11.6 Å². The third-order valence-corrected chi connectivity index (χ3v) is 4.10. The number of carbonyl (C=O) groups excluding carboxylic acids is 2. The van der Waals surface area contributed by atoms with E-state index in [0.717, 1.165) is 12.1 Å². The van der Waals surface area contributed by atoms with Crippen molar-refractivity contribution in [2.24, 2.45) is 0 Å². The summed E-state index contributed by atoms with van der Waals surface area (Å²) in [6.07, 6.45) is -1.81. The van der Waals surface area contributed by atoms with Crippen LogP contribution < -0.4 is 0 Å². The molecule has 120 valence electrons. The Morgan fingerprint density at radius 1 is 1.17 bits per heavy atom. The second-order valence-corrected chi connectivity index (χ2v) is 5.61. The van der Waals surface area contributed by atoms with E-state index in [1.807, 2.05) is 0 Å². The van der Waals surface area contributed by atoms with Gasteiger partial charge in [-0.05, 0) is 19.1 Å². The fourth-order valence-corrected chi connectivity index (χ4v) is 3.17. The number of Topliss-reactive ketones (excluding diaryl/α,β-unsaturated/α-hetero) is 2. The molecule has 0 spiro atoms. The Hall–Kier alpha value is -2.67. The molecule has 23 heavy (non-hydrogen) atoms. The number of aromatic hydroxyl groups is 2.